The number of hydrogen-bond acceptors (Lipinski definition) is 3. The molecular weight excluding hydrogens is 284 g/mol. The van der Waals surface area contributed by atoms with E-state index in [9.17, 15) is 4.79 Å². The van der Waals surface area contributed by atoms with Gasteiger partial charge in [-0.15, -0.1) is 0 Å². The van der Waals surface area contributed by atoms with Crippen molar-refractivity contribution in [1.82, 2.24) is 4.98 Å². The third-order valence-electron chi connectivity index (χ3n) is 2.30. The van der Waals surface area contributed by atoms with Crippen molar-refractivity contribution in [2.45, 2.75) is 20.3 Å². The molecule has 1 rings (SSSR count). The Kier molecular flexibility index (Phi) is 5.58. The molecule has 0 aromatic carbocycles. The number of aryl methyl sites for hydroxylation is 1. The van der Waals surface area contributed by atoms with Gasteiger partial charge in [0.15, 0.2) is 0 Å². The van der Waals surface area contributed by atoms with Gasteiger partial charge in [-0.3, -0.25) is 4.79 Å². The Morgan fingerprint density at radius 2 is 2.35 bits per heavy atom. The quantitative estimate of drug-likeness (QED) is 0.910. The Labute approximate surface area is 110 Å². The summed E-state index contributed by atoms with van der Waals surface area (Å²) in [7, 11) is 1.63. The second-order valence-corrected chi connectivity index (χ2v) is 4.99. The van der Waals surface area contributed by atoms with E-state index in [2.05, 4.69) is 26.2 Å². The second-order valence-electron chi connectivity index (χ2n) is 4.13. The fraction of sp³-hybridized carbons (Fsp3) is 0.500. The fourth-order valence-electron chi connectivity index (χ4n) is 1.46. The molecule has 1 aromatic heterocycles. The van der Waals surface area contributed by atoms with Crippen LogP contribution in [-0.4, -0.2) is 24.6 Å². The number of nitrogens with zero attached hydrogens (tertiary/aromatic N) is 1. The highest BCUT2D eigenvalue weighted by molar-refractivity contribution is 9.10. The lowest BCUT2D eigenvalue weighted by Crippen LogP contribution is -2.18. The first-order valence-electron chi connectivity index (χ1n) is 5.44. The predicted molar refractivity (Wildman–Crippen MR) is 71.0 cm³/mol. The largest absolute Gasteiger partial charge is 0.384 e. The van der Waals surface area contributed by atoms with Crippen LogP contribution in [-0.2, 0) is 9.53 Å². The van der Waals surface area contributed by atoms with E-state index in [1.165, 1.54) is 0 Å². The van der Waals surface area contributed by atoms with E-state index >= 15 is 0 Å². The summed E-state index contributed by atoms with van der Waals surface area (Å²) < 4.78 is 5.92. The summed E-state index contributed by atoms with van der Waals surface area (Å²) in [6.45, 7) is 4.51. The van der Waals surface area contributed by atoms with Crippen molar-refractivity contribution in [2.75, 3.05) is 19.0 Å². The monoisotopic (exact) mass is 300 g/mol. The van der Waals surface area contributed by atoms with Gasteiger partial charge in [0.05, 0.1) is 0 Å². The summed E-state index contributed by atoms with van der Waals surface area (Å²) in [5.74, 6) is 0.751. The molecule has 0 bridgehead atoms. The Hall–Kier alpha value is -0.940. The highest BCUT2D eigenvalue weighted by Crippen LogP contribution is 2.17. The second kappa shape index (κ2) is 6.71. The molecule has 0 aliphatic rings. The maximum atomic E-state index is 11.7. The van der Waals surface area contributed by atoms with Crippen molar-refractivity contribution in [3.8, 4) is 0 Å². The lowest BCUT2D eigenvalue weighted by Gasteiger charge is -2.10. The van der Waals surface area contributed by atoms with Crippen molar-refractivity contribution in [1.29, 1.82) is 0 Å². The van der Waals surface area contributed by atoms with Crippen LogP contribution in [0.25, 0.3) is 0 Å². The molecular formula is C12H17BrN2O2. The molecule has 0 radical (unpaired) electrons. The van der Waals surface area contributed by atoms with Crippen LogP contribution in [0.4, 0.5) is 5.82 Å². The lowest BCUT2D eigenvalue weighted by molar-refractivity contribution is -0.117. The van der Waals surface area contributed by atoms with Gasteiger partial charge in [0.2, 0.25) is 5.91 Å². The number of carbonyl (C=O) groups excluding carboxylic acids is 1. The standard InChI is InChI=1S/C12H17BrN2O2/c1-8(7-17-3)4-12(16)15-11-5-9(2)10(13)6-14-11/h5-6,8H,4,7H2,1-3H3,(H,14,15,16). The molecule has 0 aliphatic carbocycles. The Balaban J connectivity index is 2.53. The van der Waals surface area contributed by atoms with Gasteiger partial charge in [-0.25, -0.2) is 4.98 Å². The van der Waals surface area contributed by atoms with E-state index < -0.39 is 0 Å². The summed E-state index contributed by atoms with van der Waals surface area (Å²) in [6, 6.07) is 1.84. The van der Waals surface area contributed by atoms with Gasteiger partial charge in [-0.1, -0.05) is 6.92 Å². The number of rotatable bonds is 5. The van der Waals surface area contributed by atoms with Crippen molar-refractivity contribution < 1.29 is 9.53 Å². The molecule has 0 spiro atoms. The number of nitrogens with one attached hydrogen (secondary N) is 1. The van der Waals surface area contributed by atoms with Crippen LogP contribution in [0.2, 0.25) is 0 Å². The van der Waals surface area contributed by atoms with Crippen LogP contribution in [0.5, 0.6) is 0 Å². The van der Waals surface area contributed by atoms with Crippen LogP contribution in [0.3, 0.4) is 0 Å². The average Bonchev–Trinajstić information content (AvgIpc) is 2.23. The third-order valence-corrected chi connectivity index (χ3v) is 3.13. The molecule has 0 saturated carbocycles. The van der Waals surface area contributed by atoms with Gasteiger partial charge in [0.1, 0.15) is 5.82 Å². The Morgan fingerprint density at radius 1 is 1.65 bits per heavy atom. The number of aromatic nitrogens is 1. The summed E-state index contributed by atoms with van der Waals surface area (Å²) >= 11 is 3.36. The first-order chi connectivity index (χ1) is 8.02. The smallest absolute Gasteiger partial charge is 0.225 e. The van der Waals surface area contributed by atoms with Crippen LogP contribution >= 0.6 is 15.9 Å². The Bertz CT molecular complexity index is 396. The Morgan fingerprint density at radius 3 is 2.94 bits per heavy atom. The van der Waals surface area contributed by atoms with Crippen LogP contribution < -0.4 is 5.32 Å². The number of halogens is 1. The number of pyridine rings is 1. The minimum Gasteiger partial charge on any atom is -0.384 e. The molecule has 0 saturated heterocycles. The molecule has 0 fully saturated rings. The molecule has 1 atom stereocenters. The summed E-state index contributed by atoms with van der Waals surface area (Å²) in [5.41, 5.74) is 1.04. The normalized spacial score (nSPS) is 12.2. The minimum absolute atomic E-state index is 0.0382. The molecule has 0 aliphatic heterocycles. The van der Waals surface area contributed by atoms with Gasteiger partial charge in [-0.2, -0.15) is 0 Å². The van der Waals surface area contributed by atoms with Crippen molar-refractivity contribution >= 4 is 27.7 Å². The zero-order valence-electron chi connectivity index (χ0n) is 10.3. The van der Waals surface area contributed by atoms with Gasteiger partial charge in [0.25, 0.3) is 0 Å². The van der Waals surface area contributed by atoms with Gasteiger partial charge < -0.3 is 10.1 Å². The molecule has 5 heteroatoms. The number of methoxy groups -OCH3 is 1. The number of carbonyl (C=O) groups is 1. The highest BCUT2D eigenvalue weighted by atomic mass is 79.9. The molecule has 1 heterocycles. The van der Waals surface area contributed by atoms with E-state index in [0.717, 1.165) is 10.0 Å². The highest BCUT2D eigenvalue weighted by Gasteiger charge is 2.10. The third kappa shape index (κ3) is 4.83. The maximum Gasteiger partial charge on any atom is 0.225 e. The molecule has 17 heavy (non-hydrogen) atoms. The number of anilines is 1. The van der Waals surface area contributed by atoms with E-state index in [4.69, 9.17) is 4.74 Å². The van der Waals surface area contributed by atoms with E-state index in [0.29, 0.717) is 18.8 Å². The van der Waals surface area contributed by atoms with Gasteiger partial charge >= 0.3 is 0 Å². The molecule has 4 nitrogen and oxygen atoms in total. The van der Waals surface area contributed by atoms with E-state index in [-0.39, 0.29) is 11.8 Å². The fourth-order valence-corrected chi connectivity index (χ4v) is 1.68. The molecule has 1 unspecified atom stereocenters. The SMILES string of the molecule is COCC(C)CC(=O)Nc1cc(C)c(Br)cn1. The number of ether oxygens (including phenoxy) is 1. The summed E-state index contributed by atoms with van der Waals surface area (Å²) in [6.07, 6.45) is 2.12. The first-order valence-corrected chi connectivity index (χ1v) is 6.23. The summed E-state index contributed by atoms with van der Waals surface area (Å²) in [5, 5.41) is 2.77. The van der Waals surface area contributed by atoms with Crippen molar-refractivity contribution in [3.05, 3.63) is 22.3 Å². The zero-order chi connectivity index (χ0) is 12.8. The first kappa shape index (κ1) is 14.1. The maximum absolute atomic E-state index is 11.7. The average molecular weight is 301 g/mol. The predicted octanol–water partition coefficient (Wildman–Crippen LogP) is 2.76. The van der Waals surface area contributed by atoms with Gasteiger partial charge in [-0.05, 0) is 40.4 Å². The topological polar surface area (TPSA) is 51.2 Å². The van der Waals surface area contributed by atoms with E-state index in [1.807, 2.05) is 19.9 Å². The van der Waals surface area contributed by atoms with Crippen molar-refractivity contribution in [2.24, 2.45) is 5.92 Å². The van der Waals surface area contributed by atoms with Crippen LogP contribution in [0, 0.1) is 12.8 Å². The van der Waals surface area contributed by atoms with E-state index in [1.54, 1.807) is 13.3 Å². The number of amides is 1. The summed E-state index contributed by atoms with van der Waals surface area (Å²) in [4.78, 5) is 15.8. The number of hydrogen-bond donors (Lipinski definition) is 1. The van der Waals surface area contributed by atoms with Crippen LogP contribution in [0.1, 0.15) is 18.9 Å². The molecule has 94 valence electrons. The van der Waals surface area contributed by atoms with Crippen molar-refractivity contribution in [3.63, 3.8) is 0 Å². The van der Waals surface area contributed by atoms with Crippen LogP contribution in [0.15, 0.2) is 16.7 Å². The minimum atomic E-state index is -0.0382. The molecule has 1 N–H and O–H groups in total. The molecule has 1 aromatic rings. The lowest BCUT2D eigenvalue weighted by atomic mass is 10.1. The molecule has 1 amide bonds. The zero-order valence-corrected chi connectivity index (χ0v) is 11.9. The van der Waals surface area contributed by atoms with Gasteiger partial charge in [0, 0.05) is 30.8 Å².